The maximum atomic E-state index is 12.1. The molecule has 0 radical (unpaired) electrons. The van der Waals surface area contributed by atoms with Gasteiger partial charge in [-0.15, -0.1) is 0 Å². The predicted octanol–water partition coefficient (Wildman–Crippen LogP) is 3.31. The maximum absolute atomic E-state index is 12.1. The topological polar surface area (TPSA) is 148 Å². The number of benzene rings is 2. The summed E-state index contributed by atoms with van der Waals surface area (Å²) in [5, 5.41) is 21.3. The zero-order chi connectivity index (χ0) is 23.0. The standard InChI is InChI=1S/C20H20N2O9/c1-13(11-30-19(23)15-3-7-17(8-4-15)21(25)26)29-12-14(2)31-20(24)16-5-9-18(10-6-16)22(27)28/h3-10,13-14H,11-12H2,1-2H3. The van der Waals surface area contributed by atoms with Crippen LogP contribution in [0.25, 0.3) is 0 Å². The lowest BCUT2D eigenvalue weighted by Crippen LogP contribution is -2.26. The van der Waals surface area contributed by atoms with Crippen molar-refractivity contribution in [2.45, 2.75) is 26.1 Å². The Kier molecular flexibility index (Phi) is 8.15. The lowest BCUT2D eigenvalue weighted by atomic mass is 10.2. The second-order valence-corrected chi connectivity index (χ2v) is 6.57. The lowest BCUT2D eigenvalue weighted by Gasteiger charge is -2.17. The van der Waals surface area contributed by atoms with Crippen molar-refractivity contribution in [1.29, 1.82) is 0 Å². The third-order valence-electron chi connectivity index (χ3n) is 4.00. The first-order chi connectivity index (χ1) is 14.7. The number of non-ortho nitro benzene ring substituents is 2. The number of carbonyl (C=O) groups excluding carboxylic acids is 2. The minimum atomic E-state index is -0.650. The first kappa shape index (κ1) is 23.4. The zero-order valence-electron chi connectivity index (χ0n) is 16.8. The van der Waals surface area contributed by atoms with Crippen LogP contribution in [-0.4, -0.2) is 47.2 Å². The van der Waals surface area contributed by atoms with Gasteiger partial charge in [0.2, 0.25) is 0 Å². The Morgan fingerprint density at radius 2 is 1.23 bits per heavy atom. The molecule has 31 heavy (non-hydrogen) atoms. The van der Waals surface area contributed by atoms with Crippen molar-refractivity contribution in [2.24, 2.45) is 0 Å². The number of carbonyl (C=O) groups is 2. The van der Waals surface area contributed by atoms with Crippen molar-refractivity contribution in [3.8, 4) is 0 Å². The van der Waals surface area contributed by atoms with Crippen LogP contribution >= 0.6 is 0 Å². The van der Waals surface area contributed by atoms with Gasteiger partial charge in [-0.05, 0) is 38.1 Å². The van der Waals surface area contributed by atoms with Crippen molar-refractivity contribution in [3.05, 3.63) is 79.9 Å². The molecular formula is C20H20N2O9. The molecule has 0 saturated heterocycles. The number of hydrogen-bond acceptors (Lipinski definition) is 9. The van der Waals surface area contributed by atoms with E-state index in [1.807, 2.05) is 0 Å². The Labute approximate surface area is 176 Å². The molecule has 0 fully saturated rings. The largest absolute Gasteiger partial charge is 0.459 e. The molecule has 0 bridgehead atoms. The van der Waals surface area contributed by atoms with Crippen molar-refractivity contribution < 1.29 is 33.6 Å². The fourth-order valence-electron chi connectivity index (χ4n) is 2.35. The molecule has 0 aromatic heterocycles. The molecule has 0 amide bonds. The van der Waals surface area contributed by atoms with Crippen LogP contribution in [0.15, 0.2) is 48.5 Å². The van der Waals surface area contributed by atoms with Crippen molar-refractivity contribution >= 4 is 23.3 Å². The van der Waals surface area contributed by atoms with Crippen LogP contribution in [-0.2, 0) is 14.2 Å². The van der Waals surface area contributed by atoms with Crippen LogP contribution in [0.1, 0.15) is 34.6 Å². The normalized spacial score (nSPS) is 12.5. The predicted molar refractivity (Wildman–Crippen MR) is 107 cm³/mol. The van der Waals surface area contributed by atoms with Crippen molar-refractivity contribution in [1.82, 2.24) is 0 Å². The molecule has 0 aliphatic carbocycles. The van der Waals surface area contributed by atoms with Crippen LogP contribution in [0.3, 0.4) is 0 Å². The summed E-state index contributed by atoms with van der Waals surface area (Å²) in [4.78, 5) is 44.2. The van der Waals surface area contributed by atoms with Crippen LogP contribution < -0.4 is 0 Å². The third-order valence-corrected chi connectivity index (χ3v) is 4.00. The second-order valence-electron chi connectivity index (χ2n) is 6.57. The number of esters is 2. The van der Waals surface area contributed by atoms with Gasteiger partial charge in [0, 0.05) is 24.3 Å². The molecular weight excluding hydrogens is 412 g/mol. The molecule has 0 aliphatic heterocycles. The number of rotatable bonds is 10. The molecule has 0 heterocycles. The molecule has 0 N–H and O–H groups in total. The molecule has 0 spiro atoms. The van der Waals surface area contributed by atoms with E-state index in [1.165, 1.54) is 48.5 Å². The van der Waals surface area contributed by atoms with Crippen molar-refractivity contribution in [3.63, 3.8) is 0 Å². The summed E-state index contributed by atoms with van der Waals surface area (Å²) in [6.07, 6.45) is -1.11. The monoisotopic (exact) mass is 432 g/mol. The summed E-state index contributed by atoms with van der Waals surface area (Å²) in [5.41, 5.74) is 0.0706. The van der Waals surface area contributed by atoms with Crippen LogP contribution in [0.4, 0.5) is 11.4 Å². The van der Waals surface area contributed by atoms with E-state index in [4.69, 9.17) is 14.2 Å². The quantitative estimate of drug-likeness (QED) is 0.313. The summed E-state index contributed by atoms with van der Waals surface area (Å²) in [6, 6.07) is 10.0. The third kappa shape index (κ3) is 7.16. The summed E-state index contributed by atoms with van der Waals surface area (Å²) >= 11 is 0. The van der Waals surface area contributed by atoms with E-state index < -0.39 is 34.0 Å². The van der Waals surface area contributed by atoms with E-state index in [2.05, 4.69) is 0 Å². The minimum absolute atomic E-state index is 0.0367. The smallest absolute Gasteiger partial charge is 0.338 e. The first-order valence-electron chi connectivity index (χ1n) is 9.16. The molecule has 2 rings (SSSR count). The zero-order valence-corrected chi connectivity index (χ0v) is 16.8. The number of nitro benzene ring substituents is 2. The molecule has 2 atom stereocenters. The fourth-order valence-corrected chi connectivity index (χ4v) is 2.35. The highest BCUT2D eigenvalue weighted by Crippen LogP contribution is 2.14. The number of ether oxygens (including phenoxy) is 3. The van der Waals surface area contributed by atoms with E-state index in [9.17, 15) is 29.8 Å². The molecule has 2 aromatic carbocycles. The molecule has 0 aliphatic rings. The van der Waals surface area contributed by atoms with E-state index in [0.29, 0.717) is 0 Å². The van der Waals surface area contributed by atoms with Crippen LogP contribution in [0.2, 0.25) is 0 Å². The first-order valence-corrected chi connectivity index (χ1v) is 9.16. The van der Waals surface area contributed by atoms with Gasteiger partial charge in [0.05, 0.1) is 33.7 Å². The molecule has 2 unspecified atom stereocenters. The second kappa shape index (κ2) is 10.8. The Morgan fingerprint density at radius 1 is 0.774 bits per heavy atom. The minimum Gasteiger partial charge on any atom is -0.459 e. The summed E-state index contributed by atoms with van der Waals surface area (Å²) in [5.74, 6) is -1.30. The van der Waals surface area contributed by atoms with Gasteiger partial charge >= 0.3 is 11.9 Å². The Morgan fingerprint density at radius 3 is 1.68 bits per heavy atom. The van der Waals surface area contributed by atoms with E-state index in [0.717, 1.165) is 0 Å². The number of hydrogen-bond donors (Lipinski definition) is 0. The highest BCUT2D eigenvalue weighted by atomic mass is 16.6. The van der Waals surface area contributed by atoms with Gasteiger partial charge in [-0.1, -0.05) is 0 Å². The average molecular weight is 432 g/mol. The molecule has 164 valence electrons. The van der Waals surface area contributed by atoms with Gasteiger partial charge in [-0.25, -0.2) is 9.59 Å². The highest BCUT2D eigenvalue weighted by molar-refractivity contribution is 5.90. The summed E-state index contributed by atoms with van der Waals surface area (Å²) in [7, 11) is 0. The van der Waals surface area contributed by atoms with E-state index in [1.54, 1.807) is 13.8 Å². The van der Waals surface area contributed by atoms with Crippen LogP contribution in [0.5, 0.6) is 0 Å². The van der Waals surface area contributed by atoms with Gasteiger partial charge < -0.3 is 14.2 Å². The Balaban J connectivity index is 1.74. The molecule has 2 aromatic rings. The van der Waals surface area contributed by atoms with Gasteiger partial charge in [-0.3, -0.25) is 20.2 Å². The Bertz CT molecular complexity index is 942. The maximum Gasteiger partial charge on any atom is 0.338 e. The molecule has 11 nitrogen and oxygen atoms in total. The van der Waals surface area contributed by atoms with Gasteiger partial charge in [0.25, 0.3) is 11.4 Å². The van der Waals surface area contributed by atoms with E-state index >= 15 is 0 Å². The average Bonchev–Trinajstić information content (AvgIpc) is 2.76. The highest BCUT2D eigenvalue weighted by Gasteiger charge is 2.16. The fraction of sp³-hybridized carbons (Fsp3) is 0.300. The summed E-state index contributed by atoms with van der Waals surface area (Å²) < 4.78 is 15.8. The van der Waals surface area contributed by atoms with Crippen molar-refractivity contribution in [2.75, 3.05) is 13.2 Å². The van der Waals surface area contributed by atoms with Gasteiger partial charge in [0.1, 0.15) is 12.7 Å². The number of nitrogens with zero attached hydrogens (tertiary/aromatic N) is 2. The lowest BCUT2D eigenvalue weighted by molar-refractivity contribution is -0.385. The van der Waals surface area contributed by atoms with E-state index in [-0.39, 0.29) is 35.7 Å². The number of nitro groups is 2. The molecule has 0 saturated carbocycles. The van der Waals surface area contributed by atoms with Crippen LogP contribution in [0, 0.1) is 20.2 Å². The van der Waals surface area contributed by atoms with Gasteiger partial charge in [-0.2, -0.15) is 0 Å². The van der Waals surface area contributed by atoms with Gasteiger partial charge in [0.15, 0.2) is 0 Å². The Hall–Kier alpha value is -3.86. The molecule has 11 heteroatoms. The SMILES string of the molecule is CC(COC(=O)c1ccc([N+](=O)[O-])cc1)OCC(C)OC(=O)c1ccc([N+](=O)[O-])cc1. The summed E-state index contributed by atoms with van der Waals surface area (Å²) in [6.45, 7) is 3.24.